The standard InChI is InChI=1S/C25H23FN4O3/c26-24-20(7-4-10-27-24)18-8-9-22-21(13-18)28-23(31)15-29-11-12-30(14-19(29)16-33-22)25(32)17-5-2-1-3-6-17/h1-10,13,19H,11-12,14-16H2,(H,28,31)/t19-/m1/s1. The van der Waals surface area contributed by atoms with Crippen molar-refractivity contribution in [2.24, 2.45) is 0 Å². The van der Waals surface area contributed by atoms with E-state index in [1.807, 2.05) is 28.0 Å². The number of nitrogens with one attached hydrogen (secondary N) is 1. The van der Waals surface area contributed by atoms with E-state index in [1.165, 1.54) is 6.20 Å². The molecule has 168 valence electrons. The number of benzene rings is 2. The number of pyridine rings is 1. The van der Waals surface area contributed by atoms with Gasteiger partial charge in [-0.05, 0) is 42.0 Å². The minimum absolute atomic E-state index is 0.0249. The molecule has 0 spiro atoms. The molecule has 33 heavy (non-hydrogen) atoms. The SMILES string of the molecule is O=C1CN2CCN(C(=O)c3ccccc3)C[C@@H]2COc2ccc(-c3cccnc3F)cc2N1. The molecule has 0 radical (unpaired) electrons. The van der Waals surface area contributed by atoms with Crippen LogP contribution in [0.15, 0.2) is 66.9 Å². The third-order valence-electron chi connectivity index (χ3n) is 6.01. The number of carbonyl (C=O) groups excluding carboxylic acids is 2. The molecule has 1 aromatic heterocycles. The van der Waals surface area contributed by atoms with E-state index in [-0.39, 0.29) is 24.4 Å². The number of halogens is 1. The van der Waals surface area contributed by atoms with Crippen LogP contribution in [0.4, 0.5) is 10.1 Å². The molecule has 0 saturated carbocycles. The van der Waals surface area contributed by atoms with E-state index in [1.54, 1.807) is 42.5 Å². The Kier molecular flexibility index (Phi) is 5.75. The van der Waals surface area contributed by atoms with Crippen molar-refractivity contribution in [1.82, 2.24) is 14.8 Å². The summed E-state index contributed by atoms with van der Waals surface area (Å²) in [5.74, 6) is -0.278. The zero-order valence-electron chi connectivity index (χ0n) is 17.9. The Morgan fingerprint density at radius 1 is 1.09 bits per heavy atom. The minimum atomic E-state index is -0.576. The summed E-state index contributed by atoms with van der Waals surface area (Å²) in [4.78, 5) is 33.2. The maximum absolute atomic E-state index is 14.2. The summed E-state index contributed by atoms with van der Waals surface area (Å²) in [5, 5.41) is 2.90. The van der Waals surface area contributed by atoms with Crippen LogP contribution < -0.4 is 10.1 Å². The number of carbonyl (C=O) groups is 2. The first-order valence-corrected chi connectivity index (χ1v) is 10.8. The van der Waals surface area contributed by atoms with E-state index in [0.29, 0.717) is 54.4 Å². The summed E-state index contributed by atoms with van der Waals surface area (Å²) < 4.78 is 20.2. The average molecular weight is 446 g/mol. The van der Waals surface area contributed by atoms with Crippen LogP contribution in [0, 0.1) is 5.95 Å². The highest BCUT2D eigenvalue weighted by molar-refractivity contribution is 5.95. The lowest BCUT2D eigenvalue weighted by atomic mass is 10.1. The maximum Gasteiger partial charge on any atom is 0.253 e. The quantitative estimate of drug-likeness (QED) is 0.613. The molecule has 2 amide bonds. The molecular formula is C25H23FN4O3. The summed E-state index contributed by atoms with van der Waals surface area (Å²) in [7, 11) is 0. The Bertz CT molecular complexity index is 1190. The first-order valence-electron chi connectivity index (χ1n) is 10.8. The van der Waals surface area contributed by atoms with Crippen LogP contribution in [0.1, 0.15) is 10.4 Å². The largest absolute Gasteiger partial charge is 0.490 e. The highest BCUT2D eigenvalue weighted by atomic mass is 19.1. The maximum atomic E-state index is 14.2. The zero-order valence-corrected chi connectivity index (χ0v) is 17.9. The van der Waals surface area contributed by atoms with Crippen molar-refractivity contribution in [3.8, 4) is 16.9 Å². The third-order valence-corrected chi connectivity index (χ3v) is 6.01. The Labute approximate surface area is 190 Å². The van der Waals surface area contributed by atoms with Gasteiger partial charge in [-0.2, -0.15) is 4.39 Å². The highest BCUT2D eigenvalue weighted by Gasteiger charge is 2.32. The normalized spacial score (nSPS) is 18.6. The van der Waals surface area contributed by atoms with Gasteiger partial charge in [-0.25, -0.2) is 4.98 Å². The fraction of sp³-hybridized carbons (Fsp3) is 0.240. The number of fused-ring (bicyclic) bond motifs is 2. The number of hydrogen-bond donors (Lipinski definition) is 1. The van der Waals surface area contributed by atoms with Crippen LogP contribution in [0.2, 0.25) is 0 Å². The van der Waals surface area contributed by atoms with Crippen molar-refractivity contribution in [3.05, 3.63) is 78.4 Å². The Hall–Kier alpha value is -3.78. The van der Waals surface area contributed by atoms with E-state index < -0.39 is 5.95 Å². The molecule has 0 aliphatic carbocycles. The molecule has 2 aliphatic heterocycles. The minimum Gasteiger partial charge on any atom is -0.490 e. The molecule has 1 atom stereocenters. The molecule has 7 nitrogen and oxygen atoms in total. The second kappa shape index (κ2) is 8.99. The van der Waals surface area contributed by atoms with Gasteiger partial charge in [0.15, 0.2) is 0 Å². The van der Waals surface area contributed by atoms with Crippen LogP contribution in [0.5, 0.6) is 5.75 Å². The fourth-order valence-corrected chi connectivity index (χ4v) is 4.29. The molecular weight excluding hydrogens is 423 g/mol. The molecule has 1 saturated heterocycles. The summed E-state index contributed by atoms with van der Waals surface area (Å²) in [6.45, 7) is 2.08. The number of aromatic nitrogens is 1. The third kappa shape index (κ3) is 4.42. The van der Waals surface area contributed by atoms with Gasteiger partial charge in [0, 0.05) is 37.0 Å². The molecule has 1 fully saturated rings. The number of anilines is 1. The van der Waals surface area contributed by atoms with E-state index in [4.69, 9.17) is 4.74 Å². The van der Waals surface area contributed by atoms with Crippen molar-refractivity contribution in [1.29, 1.82) is 0 Å². The van der Waals surface area contributed by atoms with E-state index in [0.717, 1.165) is 0 Å². The Morgan fingerprint density at radius 2 is 1.94 bits per heavy atom. The molecule has 8 heteroatoms. The molecule has 0 bridgehead atoms. The number of ether oxygens (including phenoxy) is 1. The summed E-state index contributed by atoms with van der Waals surface area (Å²) >= 11 is 0. The molecule has 2 aromatic carbocycles. The Morgan fingerprint density at radius 3 is 2.76 bits per heavy atom. The van der Waals surface area contributed by atoms with Crippen molar-refractivity contribution in [2.45, 2.75) is 6.04 Å². The highest BCUT2D eigenvalue weighted by Crippen LogP contribution is 2.32. The predicted octanol–water partition coefficient (Wildman–Crippen LogP) is 3.05. The number of piperazine rings is 1. The fourth-order valence-electron chi connectivity index (χ4n) is 4.29. The van der Waals surface area contributed by atoms with Gasteiger partial charge in [-0.15, -0.1) is 0 Å². The van der Waals surface area contributed by atoms with Crippen molar-refractivity contribution >= 4 is 17.5 Å². The van der Waals surface area contributed by atoms with Crippen molar-refractivity contribution in [3.63, 3.8) is 0 Å². The lowest BCUT2D eigenvalue weighted by molar-refractivity contribution is -0.118. The lowest BCUT2D eigenvalue weighted by Gasteiger charge is -2.40. The molecule has 1 N–H and O–H groups in total. The van der Waals surface area contributed by atoms with Gasteiger partial charge < -0.3 is 15.0 Å². The van der Waals surface area contributed by atoms with Crippen molar-refractivity contribution in [2.75, 3.05) is 38.1 Å². The molecule has 3 aromatic rings. The number of amides is 2. The number of hydrogen-bond acceptors (Lipinski definition) is 5. The smallest absolute Gasteiger partial charge is 0.253 e. The van der Waals surface area contributed by atoms with Gasteiger partial charge >= 0.3 is 0 Å². The molecule has 0 unspecified atom stereocenters. The van der Waals surface area contributed by atoms with Crippen LogP contribution in [-0.2, 0) is 4.79 Å². The van der Waals surface area contributed by atoms with Gasteiger partial charge in [0.25, 0.3) is 5.91 Å². The second-order valence-electron chi connectivity index (χ2n) is 8.15. The molecule has 3 heterocycles. The van der Waals surface area contributed by atoms with Crippen LogP contribution in [0.25, 0.3) is 11.1 Å². The Balaban J connectivity index is 1.37. The van der Waals surface area contributed by atoms with Gasteiger partial charge in [-0.1, -0.05) is 24.3 Å². The lowest BCUT2D eigenvalue weighted by Crippen LogP contribution is -2.57. The first kappa shape index (κ1) is 21.1. The van der Waals surface area contributed by atoms with Crippen LogP contribution in [0.3, 0.4) is 0 Å². The molecule has 5 rings (SSSR count). The van der Waals surface area contributed by atoms with Crippen molar-refractivity contribution < 1.29 is 18.7 Å². The van der Waals surface area contributed by atoms with Gasteiger partial charge in [-0.3, -0.25) is 14.5 Å². The van der Waals surface area contributed by atoms with E-state index in [2.05, 4.69) is 10.3 Å². The monoisotopic (exact) mass is 446 g/mol. The van der Waals surface area contributed by atoms with Gasteiger partial charge in [0.1, 0.15) is 12.4 Å². The predicted molar refractivity (Wildman–Crippen MR) is 121 cm³/mol. The summed E-state index contributed by atoms with van der Waals surface area (Å²) in [6.07, 6.45) is 1.39. The van der Waals surface area contributed by atoms with E-state index in [9.17, 15) is 14.0 Å². The first-order chi connectivity index (χ1) is 16.1. The van der Waals surface area contributed by atoms with Gasteiger partial charge in [0.2, 0.25) is 11.9 Å². The van der Waals surface area contributed by atoms with Gasteiger partial charge in [0.05, 0.1) is 18.3 Å². The second-order valence-corrected chi connectivity index (χ2v) is 8.15. The zero-order chi connectivity index (χ0) is 22.8. The van der Waals surface area contributed by atoms with E-state index >= 15 is 0 Å². The summed E-state index contributed by atoms with van der Waals surface area (Å²) in [6, 6.07) is 17.5. The van der Waals surface area contributed by atoms with Crippen LogP contribution >= 0.6 is 0 Å². The average Bonchev–Trinajstić information content (AvgIpc) is 2.90. The topological polar surface area (TPSA) is 74.8 Å². The van der Waals surface area contributed by atoms with Crippen LogP contribution in [-0.4, -0.2) is 65.4 Å². The summed E-state index contributed by atoms with van der Waals surface area (Å²) in [5.41, 5.74) is 2.08. The number of rotatable bonds is 2. The number of nitrogens with zero attached hydrogens (tertiary/aromatic N) is 3. The molecule has 2 aliphatic rings.